The van der Waals surface area contributed by atoms with E-state index in [1.807, 2.05) is 31.2 Å². The molecule has 0 aromatic heterocycles. The third kappa shape index (κ3) is 2.51. The maximum Gasteiger partial charge on any atom is 0.136 e. The first kappa shape index (κ1) is 12.6. The monoisotopic (exact) mass is 246 g/mol. The van der Waals surface area contributed by atoms with Crippen LogP contribution in [-0.4, -0.2) is 5.11 Å². The molecule has 0 spiro atoms. The minimum atomic E-state index is -0.912. The summed E-state index contributed by atoms with van der Waals surface area (Å²) in [5.74, 6) is 0.542. The molecule has 2 rings (SSSR count). The third-order valence-corrected chi connectivity index (χ3v) is 2.74. The quantitative estimate of drug-likeness (QED) is 0.887. The third-order valence-electron chi connectivity index (χ3n) is 2.74. The molecule has 94 valence electrons. The smallest absolute Gasteiger partial charge is 0.136 e. The zero-order valence-corrected chi connectivity index (χ0v) is 10.4. The molecule has 0 fully saturated rings. The van der Waals surface area contributed by atoms with Gasteiger partial charge in [0.25, 0.3) is 0 Å². The number of rotatable bonds is 3. The fourth-order valence-electron chi connectivity index (χ4n) is 1.80. The number of ether oxygens (including phenoxy) is 1. The van der Waals surface area contributed by atoms with E-state index < -0.39 is 11.9 Å². The van der Waals surface area contributed by atoms with Crippen molar-refractivity contribution in [1.29, 1.82) is 0 Å². The average Bonchev–Trinajstić information content (AvgIpc) is 2.31. The largest absolute Gasteiger partial charge is 0.457 e. The summed E-state index contributed by atoms with van der Waals surface area (Å²) in [6.45, 7) is 3.43. The van der Waals surface area contributed by atoms with Crippen LogP contribution >= 0.6 is 0 Å². The molecule has 1 atom stereocenters. The predicted molar refractivity (Wildman–Crippen MR) is 68.3 cm³/mol. The molecule has 0 saturated heterocycles. The summed E-state index contributed by atoms with van der Waals surface area (Å²) in [6.07, 6.45) is -0.912. The van der Waals surface area contributed by atoms with Gasteiger partial charge in [0.2, 0.25) is 0 Å². The summed E-state index contributed by atoms with van der Waals surface area (Å²) in [5, 5.41) is 9.61. The lowest BCUT2D eigenvalue weighted by Gasteiger charge is -2.15. The topological polar surface area (TPSA) is 29.5 Å². The normalized spacial score (nSPS) is 12.2. The van der Waals surface area contributed by atoms with Crippen LogP contribution in [0.2, 0.25) is 0 Å². The molecule has 0 heterocycles. The number of aliphatic hydroxyl groups excluding tert-OH is 1. The Bertz CT molecular complexity index is 550. The zero-order valence-electron chi connectivity index (χ0n) is 10.4. The van der Waals surface area contributed by atoms with Crippen LogP contribution in [-0.2, 0) is 0 Å². The molecule has 2 nitrogen and oxygen atoms in total. The maximum absolute atomic E-state index is 13.7. The Balaban J connectivity index is 2.41. The summed E-state index contributed by atoms with van der Waals surface area (Å²) in [4.78, 5) is 0. The molecule has 0 aliphatic rings. The Kier molecular flexibility index (Phi) is 3.63. The molecule has 0 aliphatic carbocycles. The number of halogens is 1. The highest BCUT2D eigenvalue weighted by Crippen LogP contribution is 2.32. The van der Waals surface area contributed by atoms with Gasteiger partial charge < -0.3 is 9.84 Å². The van der Waals surface area contributed by atoms with Gasteiger partial charge in [0.15, 0.2) is 0 Å². The Morgan fingerprint density at radius 3 is 2.39 bits per heavy atom. The molecule has 3 heteroatoms. The van der Waals surface area contributed by atoms with E-state index in [2.05, 4.69) is 0 Å². The predicted octanol–water partition coefficient (Wildman–Crippen LogP) is 3.98. The minimum Gasteiger partial charge on any atom is -0.457 e. The van der Waals surface area contributed by atoms with Gasteiger partial charge in [0.1, 0.15) is 17.3 Å². The molecule has 0 amide bonds. The second-order valence-electron chi connectivity index (χ2n) is 4.20. The van der Waals surface area contributed by atoms with E-state index >= 15 is 0 Å². The first-order valence-corrected chi connectivity index (χ1v) is 5.79. The van der Waals surface area contributed by atoms with E-state index in [9.17, 15) is 9.50 Å². The van der Waals surface area contributed by atoms with Gasteiger partial charge in [-0.3, -0.25) is 0 Å². The van der Waals surface area contributed by atoms with E-state index in [0.717, 1.165) is 5.56 Å². The van der Waals surface area contributed by atoms with Crippen LogP contribution < -0.4 is 4.74 Å². The zero-order chi connectivity index (χ0) is 13.1. The Hall–Kier alpha value is -1.87. The van der Waals surface area contributed by atoms with Crippen molar-refractivity contribution in [3.8, 4) is 11.5 Å². The second-order valence-corrected chi connectivity index (χ2v) is 4.20. The fraction of sp³-hybridized carbons (Fsp3) is 0.200. The number of hydrogen-bond donors (Lipinski definition) is 1. The van der Waals surface area contributed by atoms with Crippen LogP contribution in [0.1, 0.15) is 24.2 Å². The van der Waals surface area contributed by atoms with Crippen molar-refractivity contribution in [2.45, 2.75) is 20.0 Å². The van der Waals surface area contributed by atoms with Gasteiger partial charge in [-0.25, -0.2) is 4.39 Å². The van der Waals surface area contributed by atoms with Gasteiger partial charge in [-0.1, -0.05) is 24.3 Å². The van der Waals surface area contributed by atoms with Crippen LogP contribution in [0.3, 0.4) is 0 Å². The molecule has 1 N–H and O–H groups in total. The van der Waals surface area contributed by atoms with Gasteiger partial charge in [-0.05, 0) is 37.6 Å². The van der Waals surface area contributed by atoms with E-state index in [1.54, 1.807) is 12.1 Å². The summed E-state index contributed by atoms with van der Waals surface area (Å²) in [5.41, 5.74) is 1.14. The van der Waals surface area contributed by atoms with Crippen LogP contribution in [0.4, 0.5) is 4.39 Å². The van der Waals surface area contributed by atoms with Crippen molar-refractivity contribution in [1.82, 2.24) is 0 Å². The molecule has 0 aliphatic heterocycles. The lowest BCUT2D eigenvalue weighted by Crippen LogP contribution is -2.00. The van der Waals surface area contributed by atoms with Crippen molar-refractivity contribution in [2.24, 2.45) is 0 Å². The molecule has 2 aromatic rings. The molecule has 0 saturated carbocycles. The minimum absolute atomic E-state index is 0.181. The average molecular weight is 246 g/mol. The Morgan fingerprint density at radius 1 is 1.06 bits per heavy atom. The fourth-order valence-corrected chi connectivity index (χ4v) is 1.80. The second kappa shape index (κ2) is 5.19. The van der Waals surface area contributed by atoms with E-state index in [0.29, 0.717) is 11.5 Å². The van der Waals surface area contributed by atoms with Gasteiger partial charge in [-0.2, -0.15) is 0 Å². The molecule has 0 radical (unpaired) electrons. The molecule has 18 heavy (non-hydrogen) atoms. The van der Waals surface area contributed by atoms with Gasteiger partial charge >= 0.3 is 0 Å². The number of aryl methyl sites for hydroxylation is 1. The maximum atomic E-state index is 13.7. The summed E-state index contributed by atoms with van der Waals surface area (Å²) in [7, 11) is 0. The van der Waals surface area contributed by atoms with Gasteiger partial charge in [0, 0.05) is 0 Å². The molecule has 0 bridgehead atoms. The van der Waals surface area contributed by atoms with Crippen molar-refractivity contribution in [3.05, 3.63) is 59.4 Å². The van der Waals surface area contributed by atoms with Crippen LogP contribution in [0.5, 0.6) is 11.5 Å². The summed E-state index contributed by atoms with van der Waals surface area (Å²) >= 11 is 0. The van der Waals surface area contributed by atoms with Crippen molar-refractivity contribution in [2.75, 3.05) is 0 Å². The lowest BCUT2D eigenvalue weighted by atomic mass is 10.1. The first-order valence-electron chi connectivity index (χ1n) is 5.79. The van der Waals surface area contributed by atoms with Crippen molar-refractivity contribution in [3.63, 3.8) is 0 Å². The lowest BCUT2D eigenvalue weighted by molar-refractivity contribution is 0.190. The standard InChI is InChI=1S/C15H15FO2/c1-10-6-3-4-8-13(10)18-14-9-5-7-12(16)15(14)11(2)17/h3-9,11,17H,1-2H3/t11-/m1/s1. The van der Waals surface area contributed by atoms with Crippen LogP contribution in [0.25, 0.3) is 0 Å². The van der Waals surface area contributed by atoms with Crippen LogP contribution in [0, 0.1) is 12.7 Å². The van der Waals surface area contributed by atoms with Crippen molar-refractivity contribution >= 4 is 0 Å². The Morgan fingerprint density at radius 2 is 1.72 bits per heavy atom. The number of benzene rings is 2. The molecular weight excluding hydrogens is 231 g/mol. The van der Waals surface area contributed by atoms with E-state index in [-0.39, 0.29) is 5.56 Å². The number of hydrogen-bond acceptors (Lipinski definition) is 2. The van der Waals surface area contributed by atoms with Gasteiger partial charge in [-0.15, -0.1) is 0 Å². The molecule has 0 unspecified atom stereocenters. The van der Waals surface area contributed by atoms with E-state index in [1.165, 1.54) is 13.0 Å². The van der Waals surface area contributed by atoms with Gasteiger partial charge in [0.05, 0.1) is 11.7 Å². The highest BCUT2D eigenvalue weighted by molar-refractivity contribution is 5.42. The number of aliphatic hydroxyl groups is 1. The summed E-state index contributed by atoms with van der Waals surface area (Å²) < 4.78 is 19.3. The highest BCUT2D eigenvalue weighted by atomic mass is 19.1. The SMILES string of the molecule is Cc1ccccc1Oc1cccc(F)c1[C@@H](C)O. The van der Waals surface area contributed by atoms with Crippen LogP contribution in [0.15, 0.2) is 42.5 Å². The first-order chi connectivity index (χ1) is 8.59. The molecular formula is C15H15FO2. The van der Waals surface area contributed by atoms with Crippen molar-refractivity contribution < 1.29 is 14.2 Å². The summed E-state index contributed by atoms with van der Waals surface area (Å²) in [6, 6.07) is 12.0. The van der Waals surface area contributed by atoms with E-state index in [4.69, 9.17) is 4.74 Å². The number of para-hydroxylation sites is 1. The highest BCUT2D eigenvalue weighted by Gasteiger charge is 2.15. The Labute approximate surface area is 106 Å². The molecule has 2 aromatic carbocycles.